The summed E-state index contributed by atoms with van der Waals surface area (Å²) in [6, 6.07) is 0. The molecule has 88 valence electrons. The van der Waals surface area contributed by atoms with Crippen molar-refractivity contribution in [1.82, 2.24) is 0 Å². The van der Waals surface area contributed by atoms with Crippen LogP contribution in [0.1, 0.15) is 48.0 Å². The first-order valence-corrected chi connectivity index (χ1v) is 5.30. The quantitative estimate of drug-likeness (QED) is 0.576. The Balaban J connectivity index is 4.11. The normalized spacial score (nSPS) is 12.4. The van der Waals surface area contributed by atoms with E-state index in [-0.39, 0.29) is 11.4 Å². The van der Waals surface area contributed by atoms with Crippen LogP contribution in [-0.2, 0) is 9.53 Å². The summed E-state index contributed by atoms with van der Waals surface area (Å²) in [6.45, 7) is 11.8. The second-order valence-electron chi connectivity index (χ2n) is 5.70. The highest BCUT2D eigenvalue weighted by Crippen LogP contribution is 2.21. The van der Waals surface area contributed by atoms with E-state index in [1.165, 1.54) is 0 Å². The maximum absolute atomic E-state index is 11.6. The highest BCUT2D eigenvalue weighted by Gasteiger charge is 2.31. The summed E-state index contributed by atoms with van der Waals surface area (Å²) in [6.07, 6.45) is 0.839. The van der Waals surface area contributed by atoms with E-state index < -0.39 is 5.41 Å². The molecule has 0 aliphatic rings. The molecule has 0 aromatic carbocycles. The molecule has 3 nitrogen and oxygen atoms in total. The van der Waals surface area contributed by atoms with Crippen molar-refractivity contribution >= 4 is 11.7 Å². The Bertz CT molecular complexity index is 249. The van der Waals surface area contributed by atoms with Crippen molar-refractivity contribution in [2.45, 2.75) is 48.0 Å². The number of hydrogen-bond acceptors (Lipinski definition) is 3. The van der Waals surface area contributed by atoms with Crippen LogP contribution in [0.15, 0.2) is 0 Å². The van der Waals surface area contributed by atoms with Crippen LogP contribution in [-0.4, -0.2) is 18.3 Å². The fourth-order valence-electron chi connectivity index (χ4n) is 0.783. The molecule has 0 aromatic heterocycles. The van der Waals surface area contributed by atoms with E-state index in [9.17, 15) is 4.79 Å². The van der Waals surface area contributed by atoms with Gasteiger partial charge in [-0.1, -0.05) is 20.8 Å². The Kier molecular flexibility index (Phi) is 4.50. The molecule has 0 fully saturated rings. The van der Waals surface area contributed by atoms with Gasteiger partial charge in [-0.3, -0.25) is 4.79 Å². The SMILES string of the molecule is CC(=N)C(C)(C)C(=O)OCCC(C)(C)C. The summed E-state index contributed by atoms with van der Waals surface area (Å²) in [5.74, 6) is -0.306. The Morgan fingerprint density at radius 2 is 1.67 bits per heavy atom. The van der Waals surface area contributed by atoms with Crippen LogP contribution >= 0.6 is 0 Å². The smallest absolute Gasteiger partial charge is 0.317 e. The molecule has 0 unspecified atom stereocenters. The average molecular weight is 213 g/mol. The van der Waals surface area contributed by atoms with E-state index in [0.717, 1.165) is 6.42 Å². The van der Waals surface area contributed by atoms with Crippen LogP contribution in [0.3, 0.4) is 0 Å². The minimum Gasteiger partial charge on any atom is -0.465 e. The van der Waals surface area contributed by atoms with Gasteiger partial charge in [0, 0.05) is 5.71 Å². The lowest BCUT2D eigenvalue weighted by atomic mass is 9.88. The van der Waals surface area contributed by atoms with E-state index in [1.54, 1.807) is 20.8 Å². The Hall–Kier alpha value is -0.860. The number of carbonyl (C=O) groups excluding carboxylic acids is 1. The summed E-state index contributed by atoms with van der Waals surface area (Å²) in [5.41, 5.74) is -0.287. The van der Waals surface area contributed by atoms with Gasteiger partial charge in [0.1, 0.15) is 0 Å². The molecule has 0 radical (unpaired) electrons. The molecular weight excluding hydrogens is 190 g/mol. The number of ether oxygens (including phenoxy) is 1. The lowest BCUT2D eigenvalue weighted by molar-refractivity contribution is -0.150. The van der Waals surface area contributed by atoms with Crippen LogP contribution in [0.4, 0.5) is 0 Å². The average Bonchev–Trinajstić information content (AvgIpc) is 2.01. The number of carbonyl (C=O) groups is 1. The van der Waals surface area contributed by atoms with Crippen molar-refractivity contribution in [2.24, 2.45) is 10.8 Å². The lowest BCUT2D eigenvalue weighted by Crippen LogP contribution is -2.33. The minimum absolute atomic E-state index is 0.171. The maximum Gasteiger partial charge on any atom is 0.317 e. The summed E-state index contributed by atoms with van der Waals surface area (Å²) in [7, 11) is 0. The van der Waals surface area contributed by atoms with Crippen molar-refractivity contribution in [3.8, 4) is 0 Å². The Morgan fingerprint density at radius 3 is 2.00 bits per heavy atom. The van der Waals surface area contributed by atoms with Gasteiger partial charge in [0.25, 0.3) is 0 Å². The molecule has 0 rings (SSSR count). The number of nitrogens with one attached hydrogen (secondary N) is 1. The summed E-state index contributed by atoms with van der Waals surface area (Å²) in [4.78, 5) is 11.6. The number of rotatable bonds is 4. The van der Waals surface area contributed by atoms with Gasteiger partial charge >= 0.3 is 5.97 Å². The monoisotopic (exact) mass is 213 g/mol. The maximum atomic E-state index is 11.6. The van der Waals surface area contributed by atoms with E-state index in [2.05, 4.69) is 20.8 Å². The molecule has 0 saturated carbocycles. The highest BCUT2D eigenvalue weighted by atomic mass is 16.5. The fraction of sp³-hybridized carbons (Fsp3) is 0.833. The van der Waals surface area contributed by atoms with E-state index in [4.69, 9.17) is 10.1 Å². The van der Waals surface area contributed by atoms with Crippen LogP contribution in [0.5, 0.6) is 0 Å². The molecular formula is C12H23NO2. The topological polar surface area (TPSA) is 50.2 Å². The summed E-state index contributed by atoms with van der Waals surface area (Å²) < 4.78 is 5.16. The molecule has 0 heterocycles. The van der Waals surface area contributed by atoms with Gasteiger partial charge in [0.05, 0.1) is 12.0 Å². The second-order valence-corrected chi connectivity index (χ2v) is 5.70. The Labute approximate surface area is 92.7 Å². The van der Waals surface area contributed by atoms with Crippen molar-refractivity contribution in [3.63, 3.8) is 0 Å². The second kappa shape index (κ2) is 4.77. The zero-order valence-corrected chi connectivity index (χ0v) is 10.7. The minimum atomic E-state index is -0.794. The first-order valence-electron chi connectivity index (χ1n) is 5.30. The molecule has 0 atom stereocenters. The van der Waals surface area contributed by atoms with Crippen LogP contribution < -0.4 is 0 Å². The molecule has 3 heteroatoms. The van der Waals surface area contributed by atoms with Gasteiger partial charge in [-0.25, -0.2) is 0 Å². The summed E-state index contributed by atoms with van der Waals surface area (Å²) >= 11 is 0. The number of hydrogen-bond donors (Lipinski definition) is 1. The van der Waals surface area contributed by atoms with Crippen molar-refractivity contribution < 1.29 is 9.53 Å². The largest absolute Gasteiger partial charge is 0.465 e. The third kappa shape index (κ3) is 4.96. The van der Waals surface area contributed by atoms with Crippen LogP contribution in [0.2, 0.25) is 0 Å². The van der Waals surface area contributed by atoms with Crippen molar-refractivity contribution in [1.29, 1.82) is 5.41 Å². The van der Waals surface area contributed by atoms with E-state index >= 15 is 0 Å². The van der Waals surface area contributed by atoms with Crippen LogP contribution in [0, 0.1) is 16.2 Å². The fourth-order valence-corrected chi connectivity index (χ4v) is 0.783. The van der Waals surface area contributed by atoms with Gasteiger partial charge in [-0.2, -0.15) is 0 Å². The van der Waals surface area contributed by atoms with Crippen molar-refractivity contribution in [2.75, 3.05) is 6.61 Å². The summed E-state index contributed by atoms with van der Waals surface area (Å²) in [5, 5.41) is 7.49. The zero-order valence-electron chi connectivity index (χ0n) is 10.7. The van der Waals surface area contributed by atoms with Gasteiger partial charge in [-0.05, 0) is 32.6 Å². The first kappa shape index (κ1) is 14.1. The van der Waals surface area contributed by atoms with Crippen molar-refractivity contribution in [3.05, 3.63) is 0 Å². The van der Waals surface area contributed by atoms with Gasteiger partial charge in [-0.15, -0.1) is 0 Å². The first-order chi connectivity index (χ1) is 6.57. The molecule has 0 bridgehead atoms. The molecule has 0 aromatic rings. The standard InChI is InChI=1S/C12H23NO2/c1-9(13)12(5,6)10(14)15-8-7-11(2,3)4/h13H,7-8H2,1-6H3. The molecule has 0 spiro atoms. The predicted octanol–water partition coefficient (Wildman–Crippen LogP) is 3.03. The third-order valence-electron chi connectivity index (χ3n) is 2.53. The number of esters is 1. The zero-order chi connectivity index (χ0) is 12.3. The van der Waals surface area contributed by atoms with E-state index in [0.29, 0.717) is 12.3 Å². The van der Waals surface area contributed by atoms with Gasteiger partial charge in [0.15, 0.2) is 0 Å². The molecule has 0 amide bonds. The lowest BCUT2D eigenvalue weighted by Gasteiger charge is -2.23. The molecule has 15 heavy (non-hydrogen) atoms. The Morgan fingerprint density at radius 1 is 1.20 bits per heavy atom. The predicted molar refractivity (Wildman–Crippen MR) is 62.2 cm³/mol. The highest BCUT2D eigenvalue weighted by molar-refractivity contribution is 6.03. The van der Waals surface area contributed by atoms with Crippen LogP contribution in [0.25, 0.3) is 0 Å². The molecule has 1 N–H and O–H groups in total. The molecule has 0 aliphatic carbocycles. The molecule has 0 aliphatic heterocycles. The van der Waals surface area contributed by atoms with Gasteiger partial charge in [0.2, 0.25) is 0 Å². The van der Waals surface area contributed by atoms with Gasteiger partial charge < -0.3 is 10.1 Å². The molecule has 0 saturated heterocycles. The third-order valence-corrected chi connectivity index (χ3v) is 2.53. The van der Waals surface area contributed by atoms with E-state index in [1.807, 2.05) is 0 Å².